The molecule has 1 aromatic rings. The topological polar surface area (TPSA) is 89.3 Å². The summed E-state index contributed by atoms with van der Waals surface area (Å²) in [5.41, 5.74) is -0.409. The lowest BCUT2D eigenvalue weighted by atomic mass is 10.2. The van der Waals surface area contributed by atoms with Crippen LogP contribution in [0, 0.1) is 11.7 Å². The molecule has 116 valence electrons. The Kier molecular flexibility index (Phi) is 4.55. The molecule has 0 radical (unpaired) electrons. The van der Waals surface area contributed by atoms with Crippen LogP contribution in [0.5, 0.6) is 0 Å². The molecular weight excluding hydrogens is 319 g/mol. The zero-order valence-corrected chi connectivity index (χ0v) is 13.0. The molecule has 1 saturated carbocycles. The first-order valence-corrected chi connectivity index (χ1v) is 8.49. The number of nitrogens with one attached hydrogen (secondary N) is 1. The lowest BCUT2D eigenvalue weighted by molar-refractivity contribution is 0.0944. The Morgan fingerprint density at radius 1 is 1.52 bits per heavy atom. The van der Waals surface area contributed by atoms with Gasteiger partial charge in [0.1, 0.15) is 4.90 Å². The summed E-state index contributed by atoms with van der Waals surface area (Å²) >= 11 is 5.74. The fourth-order valence-corrected chi connectivity index (χ4v) is 3.23. The maximum absolute atomic E-state index is 14.1. The maximum atomic E-state index is 14.1. The number of hydrogen-bond donors (Lipinski definition) is 2. The summed E-state index contributed by atoms with van der Waals surface area (Å²) in [4.78, 5) is 11.3. The Morgan fingerprint density at radius 3 is 2.76 bits per heavy atom. The Morgan fingerprint density at radius 2 is 2.19 bits per heavy atom. The van der Waals surface area contributed by atoms with Crippen LogP contribution in [0.2, 0.25) is 5.02 Å². The molecule has 1 aliphatic carbocycles. The van der Waals surface area contributed by atoms with E-state index in [0.29, 0.717) is 5.92 Å². The van der Waals surface area contributed by atoms with Crippen molar-refractivity contribution in [3.8, 4) is 0 Å². The van der Waals surface area contributed by atoms with E-state index in [-0.39, 0.29) is 11.1 Å². The van der Waals surface area contributed by atoms with E-state index in [1.165, 1.54) is 0 Å². The standard InChI is InChI=1S/C13H16ClFN2O3S/c1-2-3-7-4-10(7)17-13(18)9-5-8(14)6-11(12(9)15)21(16,19)20/h5-7,10H,2-4H2,1H3,(H,17,18)(H2,16,19,20). The molecule has 1 amide bonds. The minimum absolute atomic E-state index is 0.00812. The predicted molar refractivity (Wildman–Crippen MR) is 77.1 cm³/mol. The number of carbonyl (C=O) groups excluding carboxylic acids is 1. The van der Waals surface area contributed by atoms with Crippen LogP contribution in [0.1, 0.15) is 36.5 Å². The molecule has 0 aromatic heterocycles. The third-order valence-corrected chi connectivity index (χ3v) is 4.58. The zero-order chi connectivity index (χ0) is 15.8. The van der Waals surface area contributed by atoms with Crippen LogP contribution >= 0.6 is 11.6 Å². The molecule has 1 aromatic carbocycles. The van der Waals surface area contributed by atoms with Crippen LogP contribution in [0.4, 0.5) is 4.39 Å². The molecule has 5 nitrogen and oxygen atoms in total. The van der Waals surface area contributed by atoms with Crippen molar-refractivity contribution in [1.82, 2.24) is 5.32 Å². The van der Waals surface area contributed by atoms with E-state index in [9.17, 15) is 17.6 Å². The third kappa shape index (κ3) is 3.72. The van der Waals surface area contributed by atoms with Crippen LogP contribution in [-0.2, 0) is 10.0 Å². The van der Waals surface area contributed by atoms with Crippen molar-refractivity contribution in [2.24, 2.45) is 11.1 Å². The molecule has 0 heterocycles. The first-order chi connectivity index (χ1) is 9.74. The SMILES string of the molecule is CCCC1CC1NC(=O)c1cc(Cl)cc(S(N)(=O)=O)c1F. The highest BCUT2D eigenvalue weighted by Gasteiger charge is 2.38. The monoisotopic (exact) mass is 334 g/mol. The van der Waals surface area contributed by atoms with Crippen LogP contribution in [0.15, 0.2) is 17.0 Å². The van der Waals surface area contributed by atoms with Gasteiger partial charge < -0.3 is 5.32 Å². The summed E-state index contributed by atoms with van der Waals surface area (Å²) in [5, 5.41) is 7.53. The number of nitrogens with two attached hydrogens (primary N) is 1. The normalized spacial score (nSPS) is 21.1. The molecule has 0 bridgehead atoms. The van der Waals surface area contributed by atoms with Gasteiger partial charge in [-0.25, -0.2) is 17.9 Å². The van der Waals surface area contributed by atoms with Gasteiger partial charge in [0, 0.05) is 11.1 Å². The first kappa shape index (κ1) is 16.2. The molecular formula is C13H16ClFN2O3S. The molecule has 2 atom stereocenters. The molecule has 21 heavy (non-hydrogen) atoms. The van der Waals surface area contributed by atoms with Crippen LogP contribution < -0.4 is 10.5 Å². The van der Waals surface area contributed by atoms with E-state index in [2.05, 4.69) is 5.32 Å². The Balaban J connectivity index is 2.24. The van der Waals surface area contributed by atoms with Gasteiger partial charge in [-0.1, -0.05) is 24.9 Å². The molecule has 1 fully saturated rings. The Labute approximate surface area is 127 Å². The Hall–Kier alpha value is -1.18. The Bertz CT molecular complexity index is 678. The van der Waals surface area contributed by atoms with Crippen molar-refractivity contribution in [2.75, 3.05) is 0 Å². The van der Waals surface area contributed by atoms with Crippen molar-refractivity contribution >= 4 is 27.5 Å². The largest absolute Gasteiger partial charge is 0.349 e. The molecule has 0 aliphatic heterocycles. The van der Waals surface area contributed by atoms with Crippen LogP contribution in [-0.4, -0.2) is 20.4 Å². The second kappa shape index (κ2) is 5.90. The third-order valence-electron chi connectivity index (χ3n) is 3.45. The van der Waals surface area contributed by atoms with E-state index >= 15 is 0 Å². The van der Waals surface area contributed by atoms with Gasteiger partial charge in [0.15, 0.2) is 5.82 Å². The molecule has 8 heteroatoms. The lowest BCUT2D eigenvalue weighted by Gasteiger charge is -2.09. The van der Waals surface area contributed by atoms with E-state index in [1.807, 2.05) is 6.92 Å². The van der Waals surface area contributed by atoms with E-state index in [1.54, 1.807) is 0 Å². The second-order valence-electron chi connectivity index (χ2n) is 5.17. The number of amides is 1. The minimum atomic E-state index is -4.28. The highest BCUT2D eigenvalue weighted by Crippen LogP contribution is 2.35. The van der Waals surface area contributed by atoms with E-state index in [4.69, 9.17) is 16.7 Å². The van der Waals surface area contributed by atoms with Crippen molar-refractivity contribution in [3.63, 3.8) is 0 Å². The zero-order valence-electron chi connectivity index (χ0n) is 11.4. The summed E-state index contributed by atoms with van der Waals surface area (Å²) in [6, 6.07) is 1.99. The maximum Gasteiger partial charge on any atom is 0.254 e. The lowest BCUT2D eigenvalue weighted by Crippen LogP contribution is -2.28. The molecule has 0 spiro atoms. The van der Waals surface area contributed by atoms with Gasteiger partial charge >= 0.3 is 0 Å². The molecule has 0 saturated heterocycles. The van der Waals surface area contributed by atoms with Crippen molar-refractivity contribution < 1.29 is 17.6 Å². The van der Waals surface area contributed by atoms with Gasteiger partial charge in [0.25, 0.3) is 5.91 Å². The number of halogens is 2. The van der Waals surface area contributed by atoms with Gasteiger partial charge in [-0.2, -0.15) is 0 Å². The van der Waals surface area contributed by atoms with Gasteiger partial charge in [0.05, 0.1) is 5.56 Å². The van der Waals surface area contributed by atoms with Gasteiger partial charge in [-0.05, 0) is 30.9 Å². The average molecular weight is 335 g/mol. The van der Waals surface area contributed by atoms with E-state index in [0.717, 1.165) is 31.4 Å². The van der Waals surface area contributed by atoms with Crippen molar-refractivity contribution in [1.29, 1.82) is 0 Å². The summed E-state index contributed by atoms with van der Waals surface area (Å²) < 4.78 is 36.7. The summed E-state index contributed by atoms with van der Waals surface area (Å²) in [6.45, 7) is 2.05. The summed E-state index contributed by atoms with van der Waals surface area (Å²) in [6.07, 6.45) is 2.85. The number of rotatable bonds is 5. The van der Waals surface area contributed by atoms with Gasteiger partial charge in [-0.3, -0.25) is 4.79 Å². The smallest absolute Gasteiger partial charge is 0.254 e. The predicted octanol–water partition coefficient (Wildman–Crippen LogP) is 2.04. The number of sulfonamides is 1. The second-order valence-corrected chi connectivity index (χ2v) is 7.14. The molecule has 2 unspecified atom stereocenters. The molecule has 1 aliphatic rings. The van der Waals surface area contributed by atoms with Crippen LogP contribution in [0.3, 0.4) is 0 Å². The fraction of sp³-hybridized carbons (Fsp3) is 0.462. The van der Waals surface area contributed by atoms with Gasteiger partial charge in [0.2, 0.25) is 10.0 Å². The van der Waals surface area contributed by atoms with Crippen molar-refractivity contribution in [2.45, 2.75) is 37.1 Å². The van der Waals surface area contributed by atoms with Crippen LogP contribution in [0.25, 0.3) is 0 Å². The fourth-order valence-electron chi connectivity index (χ4n) is 2.30. The number of carbonyl (C=O) groups is 1. The number of hydrogen-bond acceptors (Lipinski definition) is 3. The number of primary sulfonamides is 1. The average Bonchev–Trinajstić information content (AvgIpc) is 3.08. The summed E-state index contributed by atoms with van der Waals surface area (Å²) in [5.74, 6) is -1.45. The number of benzene rings is 1. The highest BCUT2D eigenvalue weighted by atomic mass is 35.5. The van der Waals surface area contributed by atoms with Gasteiger partial charge in [-0.15, -0.1) is 0 Å². The summed E-state index contributed by atoms with van der Waals surface area (Å²) in [7, 11) is -4.28. The minimum Gasteiger partial charge on any atom is -0.349 e. The molecule has 3 N–H and O–H groups in total. The highest BCUT2D eigenvalue weighted by molar-refractivity contribution is 7.89. The molecule has 2 rings (SSSR count). The quantitative estimate of drug-likeness (QED) is 0.863. The van der Waals surface area contributed by atoms with Crippen molar-refractivity contribution in [3.05, 3.63) is 28.5 Å². The van der Waals surface area contributed by atoms with E-state index < -0.39 is 32.2 Å². The first-order valence-electron chi connectivity index (χ1n) is 6.56.